The lowest BCUT2D eigenvalue weighted by atomic mass is 9.71. The van der Waals surface area contributed by atoms with Gasteiger partial charge in [0.2, 0.25) is 0 Å². The molecule has 1 aromatic rings. The third kappa shape index (κ3) is 1.94. The molecular formula is C19H19NO5. The van der Waals surface area contributed by atoms with E-state index in [4.69, 9.17) is 14.2 Å². The summed E-state index contributed by atoms with van der Waals surface area (Å²) in [5, 5.41) is 0. The predicted molar refractivity (Wildman–Crippen MR) is 89.9 cm³/mol. The van der Waals surface area contributed by atoms with Crippen molar-refractivity contribution in [3.8, 4) is 11.5 Å². The molecule has 1 amide bonds. The molecule has 2 aliphatic heterocycles. The quantitative estimate of drug-likeness (QED) is 0.785. The summed E-state index contributed by atoms with van der Waals surface area (Å²) in [6, 6.07) is 3.42. The Kier molecular flexibility index (Phi) is 3.47. The van der Waals surface area contributed by atoms with E-state index < -0.39 is 17.2 Å². The van der Waals surface area contributed by atoms with Crippen molar-refractivity contribution in [2.75, 3.05) is 27.9 Å². The van der Waals surface area contributed by atoms with Crippen molar-refractivity contribution in [1.82, 2.24) is 4.90 Å². The summed E-state index contributed by atoms with van der Waals surface area (Å²) in [5.41, 5.74) is 1.45. The number of carbonyl (C=O) groups is 2. The SMILES string of the molecule is COc1cc2c(cc1OC)[C@]13C[C@@H](OC)C=CC1=CCN3C(=O)C2=O. The van der Waals surface area contributed by atoms with Gasteiger partial charge in [-0.05, 0) is 23.3 Å². The predicted octanol–water partition coefficient (Wildman–Crippen LogP) is 1.84. The number of carbonyl (C=O) groups excluding carboxylic acids is 2. The fraction of sp³-hybridized carbons (Fsp3) is 0.368. The Hall–Kier alpha value is -2.60. The summed E-state index contributed by atoms with van der Waals surface area (Å²) in [6.07, 6.45) is 6.40. The zero-order valence-electron chi connectivity index (χ0n) is 14.4. The highest BCUT2D eigenvalue weighted by Crippen LogP contribution is 2.52. The van der Waals surface area contributed by atoms with E-state index in [2.05, 4.69) is 0 Å². The van der Waals surface area contributed by atoms with E-state index in [1.165, 1.54) is 7.11 Å². The molecule has 2 heterocycles. The molecule has 0 unspecified atom stereocenters. The Labute approximate surface area is 145 Å². The van der Waals surface area contributed by atoms with Crippen molar-refractivity contribution in [2.45, 2.75) is 18.1 Å². The first-order chi connectivity index (χ1) is 12.1. The molecular weight excluding hydrogens is 322 g/mol. The molecule has 0 saturated carbocycles. The molecule has 0 N–H and O–H groups in total. The summed E-state index contributed by atoms with van der Waals surface area (Å²) in [4.78, 5) is 27.1. The van der Waals surface area contributed by atoms with Gasteiger partial charge in [0.25, 0.3) is 11.7 Å². The lowest BCUT2D eigenvalue weighted by molar-refractivity contribution is -0.132. The van der Waals surface area contributed by atoms with Crippen LogP contribution in [0.4, 0.5) is 0 Å². The smallest absolute Gasteiger partial charge is 0.296 e. The summed E-state index contributed by atoms with van der Waals surface area (Å²) in [7, 11) is 4.71. The van der Waals surface area contributed by atoms with Crippen LogP contribution in [-0.4, -0.2) is 50.6 Å². The van der Waals surface area contributed by atoms with Crippen LogP contribution in [0.3, 0.4) is 0 Å². The topological polar surface area (TPSA) is 65.1 Å². The fourth-order valence-corrected chi connectivity index (χ4v) is 4.15. The molecule has 1 spiro atoms. The number of nitrogens with zero attached hydrogens (tertiary/aromatic N) is 1. The monoisotopic (exact) mass is 341 g/mol. The van der Waals surface area contributed by atoms with Crippen molar-refractivity contribution in [1.29, 1.82) is 0 Å². The fourth-order valence-electron chi connectivity index (χ4n) is 4.15. The number of benzene rings is 1. The molecule has 2 atom stereocenters. The van der Waals surface area contributed by atoms with Crippen molar-refractivity contribution in [3.63, 3.8) is 0 Å². The largest absolute Gasteiger partial charge is 0.493 e. The lowest BCUT2D eigenvalue weighted by Crippen LogP contribution is -2.56. The van der Waals surface area contributed by atoms with Gasteiger partial charge >= 0.3 is 0 Å². The number of Topliss-reactive ketones (excluding diaryl/α,β-unsaturated/α-hetero) is 1. The molecule has 4 rings (SSSR count). The molecule has 6 heteroatoms. The van der Waals surface area contributed by atoms with Crippen LogP contribution in [-0.2, 0) is 15.1 Å². The van der Waals surface area contributed by atoms with Gasteiger partial charge in [0.05, 0.1) is 25.9 Å². The van der Waals surface area contributed by atoms with Crippen molar-refractivity contribution in [2.24, 2.45) is 0 Å². The van der Waals surface area contributed by atoms with E-state index in [9.17, 15) is 9.59 Å². The molecule has 1 aliphatic carbocycles. The Morgan fingerprint density at radius 1 is 1.12 bits per heavy atom. The van der Waals surface area contributed by atoms with Crippen LogP contribution in [0.15, 0.2) is 35.9 Å². The Balaban J connectivity index is 2.01. The van der Waals surface area contributed by atoms with Crippen LogP contribution in [0.25, 0.3) is 0 Å². The van der Waals surface area contributed by atoms with Crippen LogP contribution in [0, 0.1) is 0 Å². The van der Waals surface area contributed by atoms with Crippen LogP contribution >= 0.6 is 0 Å². The van der Waals surface area contributed by atoms with E-state index >= 15 is 0 Å². The zero-order valence-corrected chi connectivity index (χ0v) is 14.4. The Bertz CT molecular complexity index is 840. The van der Waals surface area contributed by atoms with Gasteiger partial charge in [-0.1, -0.05) is 18.2 Å². The second kappa shape index (κ2) is 5.46. The van der Waals surface area contributed by atoms with Crippen LogP contribution in [0.1, 0.15) is 22.3 Å². The third-order valence-corrected chi connectivity index (χ3v) is 5.38. The number of methoxy groups -OCH3 is 3. The molecule has 0 bridgehead atoms. The minimum atomic E-state index is -0.699. The third-order valence-electron chi connectivity index (χ3n) is 5.38. The van der Waals surface area contributed by atoms with Gasteiger partial charge in [-0.2, -0.15) is 0 Å². The number of rotatable bonds is 3. The van der Waals surface area contributed by atoms with Crippen molar-refractivity contribution in [3.05, 3.63) is 47.1 Å². The number of amides is 1. The Morgan fingerprint density at radius 3 is 2.52 bits per heavy atom. The van der Waals surface area contributed by atoms with Gasteiger partial charge in [0, 0.05) is 25.6 Å². The highest BCUT2D eigenvalue weighted by atomic mass is 16.5. The highest BCUT2D eigenvalue weighted by Gasteiger charge is 2.55. The normalized spacial score (nSPS) is 26.8. The molecule has 6 nitrogen and oxygen atoms in total. The van der Waals surface area contributed by atoms with Gasteiger partial charge in [-0.3, -0.25) is 9.59 Å². The maximum Gasteiger partial charge on any atom is 0.296 e. The van der Waals surface area contributed by atoms with Gasteiger partial charge in [0.1, 0.15) is 0 Å². The number of ether oxygens (including phenoxy) is 3. The Morgan fingerprint density at radius 2 is 1.84 bits per heavy atom. The maximum atomic E-state index is 12.8. The molecule has 0 saturated heterocycles. The average molecular weight is 341 g/mol. The number of hydrogen-bond acceptors (Lipinski definition) is 5. The first-order valence-electron chi connectivity index (χ1n) is 8.11. The summed E-state index contributed by atoms with van der Waals surface area (Å²) in [5.74, 6) is -0.0335. The standard InChI is InChI=1S/C19H19NO5/c1-23-12-5-4-11-6-7-20-18(22)17(21)13-8-15(24-2)16(25-3)9-14(13)19(11,20)10-12/h4-6,8-9,12H,7,10H2,1-3H3/t12-,19-/m0/s1. The van der Waals surface area contributed by atoms with Crippen LogP contribution in [0.2, 0.25) is 0 Å². The van der Waals surface area contributed by atoms with E-state index in [0.29, 0.717) is 30.0 Å². The average Bonchev–Trinajstić information content (AvgIpc) is 3.04. The molecule has 0 fully saturated rings. The summed E-state index contributed by atoms with van der Waals surface area (Å²) < 4.78 is 16.3. The first kappa shape index (κ1) is 15.9. The first-order valence-corrected chi connectivity index (χ1v) is 8.11. The molecule has 3 aliphatic rings. The van der Waals surface area contributed by atoms with Gasteiger partial charge < -0.3 is 19.1 Å². The molecule has 25 heavy (non-hydrogen) atoms. The second-order valence-corrected chi connectivity index (χ2v) is 6.35. The second-order valence-electron chi connectivity index (χ2n) is 6.35. The number of ketones is 1. The van der Waals surface area contributed by atoms with Crippen LogP contribution < -0.4 is 9.47 Å². The minimum absolute atomic E-state index is 0.139. The molecule has 0 aromatic heterocycles. The molecule has 130 valence electrons. The van der Waals surface area contributed by atoms with Gasteiger partial charge in [-0.15, -0.1) is 0 Å². The molecule has 0 radical (unpaired) electrons. The maximum absolute atomic E-state index is 12.8. The number of fused-ring (bicyclic) bond motifs is 1. The van der Waals surface area contributed by atoms with E-state index in [1.54, 1.807) is 25.2 Å². The van der Waals surface area contributed by atoms with E-state index in [0.717, 1.165) is 11.1 Å². The summed E-state index contributed by atoms with van der Waals surface area (Å²) in [6.45, 7) is 0.411. The van der Waals surface area contributed by atoms with Crippen molar-refractivity contribution < 1.29 is 23.8 Å². The van der Waals surface area contributed by atoms with Crippen LogP contribution in [0.5, 0.6) is 11.5 Å². The highest BCUT2D eigenvalue weighted by molar-refractivity contribution is 6.44. The summed E-state index contributed by atoms with van der Waals surface area (Å²) >= 11 is 0. The van der Waals surface area contributed by atoms with Crippen molar-refractivity contribution >= 4 is 11.7 Å². The number of hydrogen-bond donors (Lipinski definition) is 0. The van der Waals surface area contributed by atoms with E-state index in [1.807, 2.05) is 24.3 Å². The molecule has 1 aromatic carbocycles. The van der Waals surface area contributed by atoms with Gasteiger partial charge in [-0.25, -0.2) is 0 Å². The minimum Gasteiger partial charge on any atom is -0.493 e. The zero-order chi connectivity index (χ0) is 17.8. The van der Waals surface area contributed by atoms with Gasteiger partial charge in [0.15, 0.2) is 11.5 Å². The van der Waals surface area contributed by atoms with E-state index in [-0.39, 0.29) is 6.10 Å². The lowest BCUT2D eigenvalue weighted by Gasteiger charge is -2.47.